The Bertz CT molecular complexity index is 1090. The molecule has 2 aromatic heterocycles. The summed E-state index contributed by atoms with van der Waals surface area (Å²) < 4.78 is 60.5. The molecule has 0 aliphatic carbocycles. The van der Waals surface area contributed by atoms with Gasteiger partial charge in [0.2, 0.25) is 0 Å². The number of hydrogen-bond donors (Lipinski definition) is 6. The lowest BCUT2D eigenvalue weighted by atomic mass is 10.2. The van der Waals surface area contributed by atoms with Gasteiger partial charge in [0.1, 0.15) is 0 Å². The van der Waals surface area contributed by atoms with Crippen LogP contribution < -0.4 is 0 Å². The molecule has 6 N–H and O–H groups in total. The van der Waals surface area contributed by atoms with Crippen LogP contribution in [0, 0.1) is 0 Å². The lowest BCUT2D eigenvalue weighted by Gasteiger charge is -2.49. The normalized spacial score (nSPS) is 33.7. The van der Waals surface area contributed by atoms with Crippen LogP contribution in [0.4, 0.5) is 0 Å². The number of rotatable bonds is 6. The Labute approximate surface area is 180 Å². The molecule has 0 aromatic carbocycles. The molecule has 1 fully saturated rings. The van der Waals surface area contributed by atoms with Crippen molar-refractivity contribution in [1.82, 2.24) is 9.97 Å². The monoisotopic (exact) mass is 530 g/mol. The van der Waals surface area contributed by atoms with Crippen LogP contribution in [-0.4, -0.2) is 49.5 Å². The molecule has 3 rings (SSSR count). The first-order chi connectivity index (χ1) is 14.6. The van der Waals surface area contributed by atoms with Gasteiger partial charge in [0.05, 0.1) is 0 Å². The molecule has 3 heterocycles. The first kappa shape index (κ1) is 25.5. The van der Waals surface area contributed by atoms with Gasteiger partial charge in [-0.15, -0.1) is 0 Å². The van der Waals surface area contributed by atoms with Gasteiger partial charge < -0.3 is 29.4 Å². The van der Waals surface area contributed by atoms with Gasteiger partial charge in [-0.2, -0.15) is 0 Å². The van der Waals surface area contributed by atoms with Crippen LogP contribution in [0.2, 0.25) is 0 Å². The minimum absolute atomic E-state index is 0.0929. The molecule has 0 spiro atoms. The van der Waals surface area contributed by atoms with E-state index in [1.54, 1.807) is 0 Å². The number of pyridine rings is 2. The second kappa shape index (κ2) is 8.29. The summed E-state index contributed by atoms with van der Waals surface area (Å²) in [7, 11) is -23.6. The van der Waals surface area contributed by atoms with Gasteiger partial charge in [-0.3, -0.25) is 37.3 Å². The largest absolute Gasteiger partial charge is 0.374 e. The van der Waals surface area contributed by atoms with Crippen LogP contribution in [0.15, 0.2) is 49.1 Å². The fourth-order valence-corrected chi connectivity index (χ4v) is 11.7. The van der Waals surface area contributed by atoms with E-state index in [2.05, 4.69) is 9.97 Å². The van der Waals surface area contributed by atoms with Crippen molar-refractivity contribution >= 4 is 30.4 Å². The lowest BCUT2D eigenvalue weighted by Crippen LogP contribution is -2.48. The van der Waals surface area contributed by atoms with E-state index in [-0.39, 0.29) is 11.1 Å². The van der Waals surface area contributed by atoms with Gasteiger partial charge in [-0.05, 0) is 23.3 Å². The minimum atomic E-state index is -5.92. The molecule has 0 radical (unpaired) electrons. The summed E-state index contributed by atoms with van der Waals surface area (Å²) in [4.78, 5) is 68.2. The Morgan fingerprint density at radius 3 is 1.38 bits per heavy atom. The smallest absolute Gasteiger partial charge is 0.322 e. The van der Waals surface area contributed by atoms with Gasteiger partial charge in [-0.1, -0.05) is 12.1 Å². The molecule has 32 heavy (non-hydrogen) atoms. The van der Waals surface area contributed by atoms with Crippen molar-refractivity contribution < 1.29 is 56.7 Å². The van der Waals surface area contributed by atoms with E-state index in [0.29, 0.717) is 0 Å². The van der Waals surface area contributed by atoms with E-state index in [4.69, 9.17) is 9.05 Å². The summed E-state index contributed by atoms with van der Waals surface area (Å²) in [6, 6.07) is 5.10. The Balaban J connectivity index is 2.23. The van der Waals surface area contributed by atoms with Crippen molar-refractivity contribution in [3.63, 3.8) is 0 Å². The van der Waals surface area contributed by atoms with E-state index >= 15 is 0 Å². The highest BCUT2D eigenvalue weighted by molar-refractivity contribution is 7.78. The highest BCUT2D eigenvalue weighted by atomic mass is 31.3. The molecule has 2 aromatic rings. The number of nitrogens with zero attached hydrogens (tertiary/aromatic N) is 2. The zero-order valence-corrected chi connectivity index (χ0v) is 19.4. The Kier molecular flexibility index (Phi) is 6.61. The highest BCUT2D eigenvalue weighted by Crippen LogP contribution is 2.89. The third kappa shape index (κ3) is 4.23. The van der Waals surface area contributed by atoms with Crippen LogP contribution in [0.1, 0.15) is 11.1 Å². The van der Waals surface area contributed by atoms with Crippen molar-refractivity contribution in [3.05, 3.63) is 60.2 Å². The Morgan fingerprint density at radius 2 is 1.12 bits per heavy atom. The molecule has 18 heteroatoms. The van der Waals surface area contributed by atoms with E-state index in [0.717, 1.165) is 12.4 Å². The van der Waals surface area contributed by atoms with Crippen molar-refractivity contribution in [1.29, 1.82) is 0 Å². The van der Waals surface area contributed by atoms with Crippen LogP contribution in [0.3, 0.4) is 0 Å². The van der Waals surface area contributed by atoms with Crippen molar-refractivity contribution in [2.75, 3.05) is 0 Å². The first-order valence-corrected chi connectivity index (χ1v) is 14.9. The molecule has 4 atom stereocenters. The third-order valence-electron chi connectivity index (χ3n) is 4.65. The molecule has 14 nitrogen and oxygen atoms in total. The Hall–Kier alpha value is -1.10. The van der Waals surface area contributed by atoms with Crippen LogP contribution >= 0.6 is 30.4 Å². The fourth-order valence-electron chi connectivity index (χ4n) is 3.09. The average molecular weight is 530 g/mol. The quantitative estimate of drug-likeness (QED) is 0.289. The predicted octanol–water partition coefficient (Wildman–Crippen LogP) is 1.34. The molecule has 1 aliphatic rings. The van der Waals surface area contributed by atoms with E-state index in [1.165, 1.54) is 36.7 Å². The fraction of sp³-hybridized carbons (Fsp3) is 0.286. The molecular formula is C14H18N2O12P4. The molecule has 1 saturated heterocycles. The molecule has 176 valence electrons. The predicted molar refractivity (Wildman–Crippen MR) is 107 cm³/mol. The standard InChI is InChI=1S/C14H18N2O12P4/c17-29(18,19)13(7-11-3-1-5-15-9-11)27-32(25,26)14(30(20,21)22,28-31(13,23)24)8-12-4-2-6-16-10-12/h1-6,9-10H,7-8H2,(H,23,24)(H,25,26)(H2,17,18,19)(H2,20,21,22)/t13-,14+. The maximum atomic E-state index is 13.2. The molecule has 0 amide bonds. The zero-order valence-electron chi connectivity index (χ0n) is 15.8. The van der Waals surface area contributed by atoms with Crippen molar-refractivity contribution in [2.45, 2.75) is 23.0 Å². The second-order valence-electron chi connectivity index (χ2n) is 6.87. The summed E-state index contributed by atoms with van der Waals surface area (Å²) in [5, 5.41) is -7.28. The molecule has 2 unspecified atom stereocenters. The van der Waals surface area contributed by atoms with Crippen LogP contribution in [-0.2, 0) is 40.1 Å². The van der Waals surface area contributed by atoms with Crippen molar-refractivity contribution in [3.8, 4) is 0 Å². The Morgan fingerprint density at radius 1 is 0.781 bits per heavy atom. The maximum Gasteiger partial charge on any atom is 0.374 e. The van der Waals surface area contributed by atoms with Crippen molar-refractivity contribution in [2.24, 2.45) is 0 Å². The van der Waals surface area contributed by atoms with Gasteiger partial charge in [0.25, 0.3) is 10.2 Å². The second-order valence-corrected chi connectivity index (χ2v) is 15.1. The van der Waals surface area contributed by atoms with Gasteiger partial charge >= 0.3 is 30.4 Å². The summed E-state index contributed by atoms with van der Waals surface area (Å²) >= 11 is 0. The molecule has 0 bridgehead atoms. The van der Waals surface area contributed by atoms with E-state index in [9.17, 15) is 47.6 Å². The third-order valence-corrected chi connectivity index (χ3v) is 14.0. The zero-order chi connectivity index (χ0) is 24.1. The highest BCUT2D eigenvalue weighted by Gasteiger charge is 2.79. The first-order valence-electron chi connectivity index (χ1n) is 8.53. The van der Waals surface area contributed by atoms with E-state index < -0.39 is 53.4 Å². The SMILES string of the molecule is O=P(O)(O)[C@]1(Cc2cccnc2)OP(=O)(O)[C@@](Cc2cccnc2)(P(=O)(O)O)OP1(=O)O. The average Bonchev–Trinajstić information content (AvgIpc) is 2.65. The molecular weight excluding hydrogens is 512 g/mol. The van der Waals surface area contributed by atoms with Gasteiger partial charge in [0, 0.05) is 37.6 Å². The van der Waals surface area contributed by atoms with Crippen LogP contribution in [0.5, 0.6) is 0 Å². The summed E-state index contributed by atoms with van der Waals surface area (Å²) in [6.07, 6.45) is 2.40. The number of hydrogen-bond acceptors (Lipinski definition) is 8. The lowest BCUT2D eigenvalue weighted by molar-refractivity contribution is 0.0392. The summed E-state index contributed by atoms with van der Waals surface area (Å²) in [5.41, 5.74) is -0.186. The van der Waals surface area contributed by atoms with E-state index in [1.807, 2.05) is 0 Å². The maximum absolute atomic E-state index is 13.2. The topological polar surface area (TPSA) is 234 Å². The summed E-state index contributed by atoms with van der Waals surface area (Å²) in [5.74, 6) is 0. The van der Waals surface area contributed by atoms with Gasteiger partial charge in [0.15, 0.2) is 0 Å². The van der Waals surface area contributed by atoms with Gasteiger partial charge in [-0.25, -0.2) is 0 Å². The molecule has 0 saturated carbocycles. The summed E-state index contributed by atoms with van der Waals surface area (Å²) in [6.45, 7) is 0. The number of aromatic nitrogens is 2. The van der Waals surface area contributed by atoms with Crippen LogP contribution in [0.25, 0.3) is 0 Å². The molecule has 1 aliphatic heterocycles. The minimum Gasteiger partial charge on any atom is -0.322 e.